The largest absolute Gasteiger partial charge is 0.333 e. The predicted molar refractivity (Wildman–Crippen MR) is 31.5 cm³/mol. The van der Waals surface area contributed by atoms with Gasteiger partial charge in [-0.05, 0) is 0 Å². The van der Waals surface area contributed by atoms with Gasteiger partial charge in [0.25, 0.3) is 0 Å². The van der Waals surface area contributed by atoms with Crippen LogP contribution in [0.15, 0.2) is 12.3 Å². The Hall–Kier alpha value is -1.12. The fraction of sp³-hybridized carbons (Fsp3) is 0.333. The Kier molecular flexibility index (Phi) is 1.63. The van der Waals surface area contributed by atoms with Gasteiger partial charge in [0.2, 0.25) is 5.91 Å². The monoisotopic (exact) mass is 125 g/mol. The summed E-state index contributed by atoms with van der Waals surface area (Å²) in [5, 5.41) is 2.43. The zero-order chi connectivity index (χ0) is 6.69. The number of carbonyl (C=O) groups is 2. The molecule has 0 saturated heterocycles. The SMILES string of the molecule is O=C1CC=CNC(=O)C1. The summed E-state index contributed by atoms with van der Waals surface area (Å²) in [6.45, 7) is 0. The van der Waals surface area contributed by atoms with Crippen LogP contribution >= 0.6 is 0 Å². The molecule has 1 N–H and O–H groups in total. The number of allylic oxidation sites excluding steroid dienone is 1. The molecule has 9 heavy (non-hydrogen) atoms. The lowest BCUT2D eigenvalue weighted by atomic mass is 10.2. The van der Waals surface area contributed by atoms with Gasteiger partial charge in [0.05, 0.1) is 6.42 Å². The fourth-order valence-electron chi connectivity index (χ4n) is 0.645. The van der Waals surface area contributed by atoms with E-state index >= 15 is 0 Å². The average molecular weight is 125 g/mol. The highest BCUT2D eigenvalue weighted by atomic mass is 16.2. The minimum Gasteiger partial charge on any atom is -0.333 e. The Labute approximate surface area is 52.7 Å². The molecule has 1 aliphatic heterocycles. The summed E-state index contributed by atoms with van der Waals surface area (Å²) >= 11 is 0. The molecule has 0 radical (unpaired) electrons. The van der Waals surface area contributed by atoms with Crippen molar-refractivity contribution < 1.29 is 9.59 Å². The number of hydrogen-bond donors (Lipinski definition) is 1. The molecule has 0 aromatic heterocycles. The zero-order valence-corrected chi connectivity index (χ0v) is 4.89. The van der Waals surface area contributed by atoms with Crippen molar-refractivity contribution in [3.63, 3.8) is 0 Å². The third-order valence-electron chi connectivity index (χ3n) is 1.07. The topological polar surface area (TPSA) is 46.2 Å². The van der Waals surface area contributed by atoms with Crippen LogP contribution in [0.1, 0.15) is 12.8 Å². The van der Waals surface area contributed by atoms with Crippen molar-refractivity contribution >= 4 is 11.7 Å². The molecular weight excluding hydrogens is 118 g/mol. The maximum Gasteiger partial charge on any atom is 0.231 e. The van der Waals surface area contributed by atoms with Gasteiger partial charge in [0.15, 0.2) is 0 Å². The summed E-state index contributed by atoms with van der Waals surface area (Å²) in [5.41, 5.74) is 0. The molecule has 3 heteroatoms. The molecule has 0 aromatic carbocycles. The second kappa shape index (κ2) is 2.44. The fourth-order valence-corrected chi connectivity index (χ4v) is 0.645. The summed E-state index contributed by atoms with van der Waals surface area (Å²) in [6, 6.07) is 0. The molecule has 3 nitrogen and oxygen atoms in total. The van der Waals surface area contributed by atoms with Crippen molar-refractivity contribution in [2.24, 2.45) is 0 Å². The summed E-state index contributed by atoms with van der Waals surface area (Å²) in [5.74, 6) is -0.241. The molecule has 0 unspecified atom stereocenters. The van der Waals surface area contributed by atoms with E-state index in [1.165, 1.54) is 6.20 Å². The quantitative estimate of drug-likeness (QED) is 0.462. The number of amides is 1. The summed E-state index contributed by atoms with van der Waals surface area (Å²) in [6.07, 6.45) is 3.55. The van der Waals surface area contributed by atoms with E-state index in [2.05, 4.69) is 5.32 Å². The van der Waals surface area contributed by atoms with Crippen LogP contribution < -0.4 is 5.32 Å². The van der Waals surface area contributed by atoms with E-state index in [0.29, 0.717) is 6.42 Å². The first-order valence-electron chi connectivity index (χ1n) is 2.75. The van der Waals surface area contributed by atoms with Crippen molar-refractivity contribution in [2.45, 2.75) is 12.8 Å². The van der Waals surface area contributed by atoms with E-state index in [4.69, 9.17) is 0 Å². The zero-order valence-electron chi connectivity index (χ0n) is 4.89. The third kappa shape index (κ3) is 1.68. The van der Waals surface area contributed by atoms with Gasteiger partial charge in [-0.3, -0.25) is 9.59 Å². The second-order valence-electron chi connectivity index (χ2n) is 1.89. The molecule has 0 spiro atoms. The van der Waals surface area contributed by atoms with Crippen molar-refractivity contribution in [1.82, 2.24) is 5.32 Å². The van der Waals surface area contributed by atoms with Gasteiger partial charge in [0.1, 0.15) is 5.78 Å². The molecule has 0 aromatic rings. The summed E-state index contributed by atoms with van der Waals surface area (Å²) in [4.78, 5) is 21.1. The summed E-state index contributed by atoms with van der Waals surface area (Å²) in [7, 11) is 0. The van der Waals surface area contributed by atoms with Crippen molar-refractivity contribution in [1.29, 1.82) is 0 Å². The Balaban J connectivity index is 2.60. The Morgan fingerprint density at radius 1 is 1.44 bits per heavy atom. The van der Waals surface area contributed by atoms with Crippen molar-refractivity contribution in [3.05, 3.63) is 12.3 Å². The smallest absolute Gasteiger partial charge is 0.231 e. The Bertz CT molecular complexity index is 154. The van der Waals surface area contributed by atoms with E-state index in [0.717, 1.165) is 0 Å². The molecule has 0 saturated carbocycles. The Morgan fingerprint density at radius 3 is 3.00 bits per heavy atom. The number of nitrogens with one attached hydrogen (secondary N) is 1. The van der Waals surface area contributed by atoms with Gasteiger partial charge < -0.3 is 5.32 Å². The number of ketones is 1. The van der Waals surface area contributed by atoms with Crippen LogP contribution in [0.2, 0.25) is 0 Å². The normalized spacial score (nSPS) is 19.1. The van der Waals surface area contributed by atoms with Crippen LogP contribution in [0, 0.1) is 0 Å². The van der Waals surface area contributed by atoms with Crippen LogP contribution in [0.5, 0.6) is 0 Å². The molecule has 0 atom stereocenters. The predicted octanol–water partition coefficient (Wildman–Crippen LogP) is -0.0208. The van der Waals surface area contributed by atoms with Gasteiger partial charge in [-0.25, -0.2) is 0 Å². The lowest BCUT2D eigenvalue weighted by Gasteiger charge is -1.90. The Morgan fingerprint density at radius 2 is 2.22 bits per heavy atom. The highest BCUT2D eigenvalue weighted by Gasteiger charge is 2.08. The van der Waals surface area contributed by atoms with E-state index < -0.39 is 0 Å². The lowest BCUT2D eigenvalue weighted by molar-refractivity contribution is -0.126. The second-order valence-corrected chi connectivity index (χ2v) is 1.89. The van der Waals surface area contributed by atoms with E-state index in [9.17, 15) is 9.59 Å². The lowest BCUT2D eigenvalue weighted by Crippen LogP contribution is -2.17. The molecule has 1 rings (SSSR count). The standard InChI is InChI=1S/C6H7NO2/c8-5-2-1-3-7-6(9)4-5/h1,3H,2,4H2,(H,7,9). The number of hydrogen-bond acceptors (Lipinski definition) is 2. The van der Waals surface area contributed by atoms with Gasteiger partial charge >= 0.3 is 0 Å². The first kappa shape index (κ1) is 6.01. The average Bonchev–Trinajstić information content (AvgIpc) is 1.93. The van der Waals surface area contributed by atoms with Gasteiger partial charge in [-0.15, -0.1) is 0 Å². The van der Waals surface area contributed by atoms with Crippen LogP contribution in [0.4, 0.5) is 0 Å². The van der Waals surface area contributed by atoms with Crippen LogP contribution in [-0.2, 0) is 9.59 Å². The van der Waals surface area contributed by atoms with Gasteiger partial charge in [-0.2, -0.15) is 0 Å². The minimum absolute atomic E-state index is 0.0208. The first-order chi connectivity index (χ1) is 4.29. The number of rotatable bonds is 0. The van der Waals surface area contributed by atoms with Crippen LogP contribution in [0.3, 0.4) is 0 Å². The van der Waals surface area contributed by atoms with Crippen molar-refractivity contribution in [2.75, 3.05) is 0 Å². The van der Waals surface area contributed by atoms with E-state index in [1.54, 1.807) is 6.08 Å². The molecular formula is C6H7NO2. The molecule has 48 valence electrons. The van der Waals surface area contributed by atoms with E-state index in [1.807, 2.05) is 0 Å². The van der Waals surface area contributed by atoms with Crippen LogP contribution in [-0.4, -0.2) is 11.7 Å². The minimum atomic E-state index is -0.214. The molecule has 0 bridgehead atoms. The highest BCUT2D eigenvalue weighted by Crippen LogP contribution is 1.94. The highest BCUT2D eigenvalue weighted by molar-refractivity contribution is 5.99. The maximum atomic E-state index is 10.6. The third-order valence-corrected chi connectivity index (χ3v) is 1.07. The molecule has 1 amide bonds. The van der Waals surface area contributed by atoms with E-state index in [-0.39, 0.29) is 18.1 Å². The molecule has 0 aliphatic carbocycles. The van der Waals surface area contributed by atoms with Gasteiger partial charge in [-0.1, -0.05) is 6.08 Å². The maximum absolute atomic E-state index is 10.6. The molecule has 0 fully saturated rings. The molecule has 1 heterocycles. The first-order valence-corrected chi connectivity index (χ1v) is 2.75. The van der Waals surface area contributed by atoms with Gasteiger partial charge in [0, 0.05) is 12.6 Å². The number of Topliss-reactive ketones (excluding diaryl/α,β-unsaturated/α-hetero) is 1. The number of carbonyl (C=O) groups excluding carboxylic acids is 2. The van der Waals surface area contributed by atoms with Crippen LogP contribution in [0.25, 0.3) is 0 Å². The van der Waals surface area contributed by atoms with Crippen molar-refractivity contribution in [3.8, 4) is 0 Å². The summed E-state index contributed by atoms with van der Waals surface area (Å²) < 4.78 is 0. The molecule has 1 aliphatic rings.